The zero-order valence-electron chi connectivity index (χ0n) is 16.2. The maximum absolute atomic E-state index is 6.82. The van der Waals surface area contributed by atoms with E-state index in [2.05, 4.69) is 73.5 Å². The van der Waals surface area contributed by atoms with Crippen LogP contribution in [0.4, 0.5) is 0 Å². The predicted molar refractivity (Wildman–Crippen MR) is 104 cm³/mol. The van der Waals surface area contributed by atoms with Gasteiger partial charge in [0.1, 0.15) is 0 Å². The first-order valence-electron chi connectivity index (χ1n) is 8.35. The van der Waals surface area contributed by atoms with Gasteiger partial charge < -0.3 is 13.0 Å². The highest BCUT2D eigenvalue weighted by Gasteiger charge is 2.53. The Labute approximate surface area is 139 Å². The Morgan fingerprint density at radius 2 is 1.38 bits per heavy atom. The molecule has 0 rings (SSSR count). The summed E-state index contributed by atoms with van der Waals surface area (Å²) in [6, 6.07) is 0. The van der Waals surface area contributed by atoms with Crippen molar-refractivity contribution in [2.24, 2.45) is 0 Å². The molecule has 0 amide bonds. The van der Waals surface area contributed by atoms with Gasteiger partial charge in [0, 0.05) is 5.22 Å². The smallest absolute Gasteiger partial charge is 0.355 e. The fraction of sp³-hybridized carbons (Fsp3) is 1.00. The highest BCUT2D eigenvalue weighted by Crippen LogP contribution is 2.34. The Balaban J connectivity index is 5.54. The van der Waals surface area contributed by atoms with Crippen LogP contribution in [0.1, 0.15) is 34.1 Å². The molecule has 7 heteroatoms. The molecule has 0 aliphatic carbocycles. The van der Waals surface area contributed by atoms with E-state index in [-0.39, 0.29) is 10.4 Å². The van der Waals surface area contributed by atoms with Crippen LogP contribution in [-0.2, 0) is 13.0 Å². The van der Waals surface area contributed by atoms with Crippen LogP contribution >= 0.6 is 0 Å². The topological polar surface area (TPSA) is 27.7 Å². The van der Waals surface area contributed by atoms with Crippen LogP contribution in [0.25, 0.3) is 0 Å². The van der Waals surface area contributed by atoms with E-state index < -0.39 is 35.4 Å². The average molecular weight is 367 g/mol. The summed E-state index contributed by atoms with van der Waals surface area (Å²) in [5.74, 6) is 0. The number of hydrogen-bond donors (Lipinski definition) is 0. The third-order valence-electron chi connectivity index (χ3n) is 4.44. The molecule has 21 heavy (non-hydrogen) atoms. The molecular formula is C14H38O3Si4. The van der Waals surface area contributed by atoms with Gasteiger partial charge in [0.25, 0.3) is 0 Å². The minimum absolute atomic E-state index is 0.0105. The van der Waals surface area contributed by atoms with Crippen molar-refractivity contribution >= 4 is 35.4 Å². The second-order valence-electron chi connectivity index (χ2n) is 7.71. The molecule has 2 unspecified atom stereocenters. The van der Waals surface area contributed by atoms with E-state index >= 15 is 0 Å². The van der Waals surface area contributed by atoms with E-state index in [4.69, 9.17) is 13.0 Å². The Bertz CT molecular complexity index is 323. The summed E-state index contributed by atoms with van der Waals surface area (Å²) in [7, 11) is -5.69. The molecule has 0 N–H and O–H groups in total. The molecule has 0 bridgehead atoms. The van der Waals surface area contributed by atoms with Gasteiger partial charge in [-0.15, -0.1) is 0 Å². The summed E-state index contributed by atoms with van der Waals surface area (Å²) in [4.78, 5) is 0. The molecule has 0 radical (unpaired) electrons. The van der Waals surface area contributed by atoms with Gasteiger partial charge in [0.05, 0.1) is 14.0 Å². The van der Waals surface area contributed by atoms with Crippen molar-refractivity contribution < 1.29 is 13.0 Å². The molecular weight excluding hydrogens is 328 g/mol. The minimum Gasteiger partial charge on any atom is -0.437 e. The van der Waals surface area contributed by atoms with Crippen molar-refractivity contribution in [2.45, 2.75) is 90.4 Å². The summed E-state index contributed by atoms with van der Waals surface area (Å²) < 4.78 is 19.7. The molecule has 0 aromatic heterocycles. The fourth-order valence-electron chi connectivity index (χ4n) is 2.48. The maximum Gasteiger partial charge on any atom is 0.355 e. The van der Waals surface area contributed by atoms with Gasteiger partial charge in [0.15, 0.2) is 18.1 Å². The molecule has 0 saturated carbocycles. The first-order valence-corrected chi connectivity index (χ1v) is 19.1. The van der Waals surface area contributed by atoms with Gasteiger partial charge in [-0.3, -0.25) is 0 Å². The van der Waals surface area contributed by atoms with Crippen molar-refractivity contribution in [3.63, 3.8) is 0 Å². The van der Waals surface area contributed by atoms with E-state index in [0.29, 0.717) is 0 Å². The lowest BCUT2D eigenvalue weighted by Gasteiger charge is -2.49. The average Bonchev–Trinajstić information content (AvgIpc) is 2.25. The molecule has 0 aliphatic rings. The van der Waals surface area contributed by atoms with Crippen LogP contribution in [0.3, 0.4) is 0 Å². The SMILES string of the molecule is CCC(C)(O[Si](C)(O[SiH](C)C)C(C)(C)O[SiH](C)C)[SiH](C)C. The molecule has 0 aromatic rings. The highest BCUT2D eigenvalue weighted by atomic mass is 28.4. The second-order valence-corrected chi connectivity index (χ2v) is 19.9. The number of rotatable bonds is 9. The molecule has 0 fully saturated rings. The van der Waals surface area contributed by atoms with E-state index in [1.165, 1.54) is 0 Å². The van der Waals surface area contributed by atoms with Crippen LogP contribution in [0.2, 0.25) is 45.8 Å². The maximum atomic E-state index is 6.82. The molecule has 0 saturated heterocycles. The van der Waals surface area contributed by atoms with Crippen LogP contribution in [0.5, 0.6) is 0 Å². The van der Waals surface area contributed by atoms with Gasteiger partial charge in [-0.2, -0.15) is 0 Å². The predicted octanol–water partition coefficient (Wildman–Crippen LogP) is 3.59. The van der Waals surface area contributed by atoms with Crippen LogP contribution in [0, 0.1) is 0 Å². The van der Waals surface area contributed by atoms with Crippen LogP contribution < -0.4 is 0 Å². The summed E-state index contributed by atoms with van der Waals surface area (Å²) in [6.07, 6.45) is 1.05. The van der Waals surface area contributed by atoms with Gasteiger partial charge in [-0.1, -0.05) is 20.0 Å². The first kappa shape index (κ1) is 21.7. The van der Waals surface area contributed by atoms with Crippen molar-refractivity contribution in [1.29, 1.82) is 0 Å². The van der Waals surface area contributed by atoms with Gasteiger partial charge >= 0.3 is 8.56 Å². The van der Waals surface area contributed by atoms with Gasteiger partial charge in [-0.25, -0.2) is 0 Å². The summed E-state index contributed by atoms with van der Waals surface area (Å²) in [6.45, 7) is 24.7. The normalized spacial score (nSPS) is 19.1. The summed E-state index contributed by atoms with van der Waals surface area (Å²) in [5, 5.41) is -0.298. The Morgan fingerprint density at radius 1 is 0.905 bits per heavy atom. The summed E-state index contributed by atoms with van der Waals surface area (Å²) in [5.41, 5.74) is 0. The Hall–Kier alpha value is 0.748. The lowest BCUT2D eigenvalue weighted by atomic mass is 10.3. The molecule has 128 valence electrons. The third kappa shape index (κ3) is 6.04. The Kier molecular flexibility index (Phi) is 8.31. The van der Waals surface area contributed by atoms with Gasteiger partial charge in [-0.05, 0) is 59.9 Å². The lowest BCUT2D eigenvalue weighted by molar-refractivity contribution is 0.0581. The van der Waals surface area contributed by atoms with E-state index in [9.17, 15) is 0 Å². The molecule has 2 atom stereocenters. The minimum atomic E-state index is -2.41. The zero-order valence-corrected chi connectivity index (χ0v) is 20.6. The van der Waals surface area contributed by atoms with Crippen molar-refractivity contribution in [3.05, 3.63) is 0 Å². The van der Waals surface area contributed by atoms with E-state index in [0.717, 1.165) is 6.42 Å². The molecule has 3 nitrogen and oxygen atoms in total. The Morgan fingerprint density at radius 3 is 1.67 bits per heavy atom. The van der Waals surface area contributed by atoms with E-state index in [1.807, 2.05) is 0 Å². The summed E-state index contributed by atoms with van der Waals surface area (Å²) >= 11 is 0. The first-order chi connectivity index (χ1) is 9.29. The fourth-order valence-corrected chi connectivity index (χ4v) is 13.9. The highest BCUT2D eigenvalue weighted by molar-refractivity contribution is 6.77. The monoisotopic (exact) mass is 366 g/mol. The van der Waals surface area contributed by atoms with Crippen molar-refractivity contribution in [2.75, 3.05) is 0 Å². The molecule has 0 aliphatic heterocycles. The zero-order chi connectivity index (χ0) is 17.1. The molecule has 0 spiro atoms. The largest absolute Gasteiger partial charge is 0.437 e. The van der Waals surface area contributed by atoms with Crippen LogP contribution in [0.15, 0.2) is 0 Å². The van der Waals surface area contributed by atoms with E-state index in [1.54, 1.807) is 0 Å². The second kappa shape index (κ2) is 8.03. The van der Waals surface area contributed by atoms with Crippen LogP contribution in [-0.4, -0.2) is 45.9 Å². The lowest BCUT2D eigenvalue weighted by Crippen LogP contribution is -2.66. The third-order valence-corrected chi connectivity index (χ3v) is 15.8. The standard InChI is InChI=1S/C14H38O3Si4/c1-12-14(4,18(5)6)16-21(11,17-20(9)10)13(2,3)15-19(7)8/h18-20H,12H2,1-11H3. The van der Waals surface area contributed by atoms with Gasteiger partial charge in [0.2, 0.25) is 0 Å². The molecule has 0 aromatic carbocycles. The molecule has 0 heterocycles. The number of hydrogen-bond acceptors (Lipinski definition) is 3. The van der Waals surface area contributed by atoms with Crippen molar-refractivity contribution in [1.82, 2.24) is 0 Å². The van der Waals surface area contributed by atoms with Crippen molar-refractivity contribution in [3.8, 4) is 0 Å². The quantitative estimate of drug-likeness (QED) is 0.584.